The highest BCUT2D eigenvalue weighted by molar-refractivity contribution is 6.01. The second-order valence-corrected chi connectivity index (χ2v) is 11.0. The first kappa shape index (κ1) is 31.2. The van der Waals surface area contributed by atoms with Crippen molar-refractivity contribution in [3.8, 4) is 0 Å². The van der Waals surface area contributed by atoms with Crippen molar-refractivity contribution in [3.05, 3.63) is 44.6 Å². The molecule has 0 atom stereocenters. The molecule has 0 bridgehead atoms. The molecule has 0 saturated carbocycles. The molecule has 1 N–H and O–H groups in total. The van der Waals surface area contributed by atoms with E-state index in [4.69, 9.17) is 9.57 Å². The number of aliphatic hydroxyl groups is 1. The topological polar surface area (TPSA) is 110 Å². The number of carbonyl (C=O) groups is 4. The van der Waals surface area contributed by atoms with E-state index in [0.717, 1.165) is 0 Å². The summed E-state index contributed by atoms with van der Waals surface area (Å²) in [5, 5.41) is 9.81. The van der Waals surface area contributed by atoms with Crippen molar-refractivity contribution in [2.75, 3.05) is 13.2 Å². The fourth-order valence-electron chi connectivity index (χ4n) is 5.10. The third kappa shape index (κ3) is 5.85. The van der Waals surface area contributed by atoms with Gasteiger partial charge in [-0.15, -0.1) is 5.06 Å². The number of nitrogens with zero attached hydrogens (tertiary/aromatic N) is 1. The van der Waals surface area contributed by atoms with Gasteiger partial charge in [-0.3, -0.25) is 14.4 Å². The lowest BCUT2D eigenvalue weighted by Gasteiger charge is -2.28. The van der Waals surface area contributed by atoms with Gasteiger partial charge in [-0.05, 0) is 91.5 Å². The number of allylic oxidation sites excluding steroid dienone is 4. The molecule has 1 aliphatic heterocycles. The number of ether oxygens (including phenoxy) is 1. The molecule has 0 aromatic carbocycles. The van der Waals surface area contributed by atoms with Crippen molar-refractivity contribution in [1.82, 2.24) is 5.06 Å². The Bertz CT molecular complexity index is 1100. The molecule has 8 nitrogen and oxygen atoms in total. The van der Waals surface area contributed by atoms with Crippen LogP contribution in [0, 0.1) is 10.8 Å². The molecule has 2 aliphatic carbocycles. The molecule has 8 heteroatoms. The smallest absolute Gasteiger partial charge is 0.333 e. The van der Waals surface area contributed by atoms with Crippen LogP contribution >= 0.6 is 0 Å². The second kappa shape index (κ2) is 11.8. The van der Waals surface area contributed by atoms with Crippen LogP contribution in [0.15, 0.2) is 44.6 Å². The molecule has 1 saturated heterocycles. The van der Waals surface area contributed by atoms with Crippen molar-refractivity contribution < 1.29 is 33.9 Å². The fraction of sp³-hybridized carbons (Fsp3) is 0.600. The summed E-state index contributed by atoms with van der Waals surface area (Å²) in [6, 6.07) is 0. The zero-order valence-electron chi connectivity index (χ0n) is 24.6. The van der Waals surface area contributed by atoms with E-state index >= 15 is 0 Å². The van der Waals surface area contributed by atoms with Crippen molar-refractivity contribution in [2.24, 2.45) is 10.8 Å². The molecule has 0 spiro atoms. The van der Waals surface area contributed by atoms with Crippen LogP contribution in [0.1, 0.15) is 94.9 Å². The van der Waals surface area contributed by atoms with Crippen LogP contribution in [0.3, 0.4) is 0 Å². The zero-order chi connectivity index (χ0) is 29.2. The van der Waals surface area contributed by atoms with Gasteiger partial charge in [-0.2, -0.15) is 0 Å². The summed E-state index contributed by atoms with van der Waals surface area (Å²) in [6.07, 6.45) is -0.362. The fourth-order valence-corrected chi connectivity index (χ4v) is 5.10. The maximum absolute atomic E-state index is 12.0. The quantitative estimate of drug-likeness (QED) is 0.353. The maximum Gasteiger partial charge on any atom is 0.333 e. The van der Waals surface area contributed by atoms with E-state index in [1.807, 2.05) is 20.8 Å². The van der Waals surface area contributed by atoms with Crippen LogP contribution in [0.2, 0.25) is 0 Å². The highest BCUT2D eigenvalue weighted by atomic mass is 16.7. The monoisotopic (exact) mass is 529 g/mol. The first-order chi connectivity index (χ1) is 17.5. The SMILES string of the molecule is CC1=C(C)C(C)(CO)C(C)=C1C.CC1=C(C)C(C)(COC(=O)CCC(=O)ON2C(=O)CCC2=O)C(C)=C1C. The Morgan fingerprint density at radius 1 is 0.711 bits per heavy atom. The third-order valence-electron chi connectivity index (χ3n) is 9.26. The van der Waals surface area contributed by atoms with Gasteiger partial charge in [0.2, 0.25) is 0 Å². The van der Waals surface area contributed by atoms with Gasteiger partial charge >= 0.3 is 11.9 Å². The van der Waals surface area contributed by atoms with Crippen LogP contribution < -0.4 is 0 Å². The minimum Gasteiger partial charge on any atom is -0.464 e. The molecule has 2 amide bonds. The Labute approximate surface area is 226 Å². The molecule has 3 aliphatic rings. The van der Waals surface area contributed by atoms with Gasteiger partial charge in [-0.25, -0.2) is 4.79 Å². The predicted octanol–water partition coefficient (Wildman–Crippen LogP) is 5.28. The Balaban J connectivity index is 0.000000352. The Kier molecular flexibility index (Phi) is 9.70. The summed E-state index contributed by atoms with van der Waals surface area (Å²) in [5.74, 6) is -2.42. The number of hydrogen-bond acceptors (Lipinski definition) is 7. The second-order valence-electron chi connectivity index (χ2n) is 11.0. The molecule has 3 rings (SSSR count). The molecule has 0 unspecified atom stereocenters. The van der Waals surface area contributed by atoms with Crippen molar-refractivity contribution in [3.63, 3.8) is 0 Å². The molecule has 0 aromatic rings. The first-order valence-electron chi connectivity index (χ1n) is 13.1. The lowest BCUT2D eigenvalue weighted by molar-refractivity contribution is -0.197. The highest BCUT2D eigenvalue weighted by Crippen LogP contribution is 2.47. The van der Waals surface area contributed by atoms with Crippen molar-refractivity contribution >= 4 is 23.8 Å². The van der Waals surface area contributed by atoms with Gasteiger partial charge < -0.3 is 14.7 Å². The standard InChI is InChI=1S/C19H25NO6.C11H18O/c1-11-12(2)14(4)19(5,13(11)3)10-25-17(23)8-9-18(24)26-20-15(21)6-7-16(20)22;1-7-8(2)10(4)11(5,6-12)9(7)3/h6-10H2,1-5H3;12H,6H2,1-5H3. The van der Waals surface area contributed by atoms with Crippen LogP contribution in [0.25, 0.3) is 0 Å². The number of aliphatic hydroxyl groups excluding tert-OH is 1. The van der Waals surface area contributed by atoms with Crippen LogP contribution in [-0.4, -0.2) is 47.1 Å². The van der Waals surface area contributed by atoms with Gasteiger partial charge in [0.25, 0.3) is 11.8 Å². The van der Waals surface area contributed by atoms with Gasteiger partial charge in [-0.1, -0.05) is 22.3 Å². The van der Waals surface area contributed by atoms with E-state index in [0.29, 0.717) is 5.06 Å². The van der Waals surface area contributed by atoms with E-state index in [9.17, 15) is 24.3 Å². The third-order valence-corrected chi connectivity index (χ3v) is 9.26. The zero-order valence-corrected chi connectivity index (χ0v) is 24.6. The molecule has 1 fully saturated rings. The normalized spacial score (nSPS) is 20.4. The number of rotatable bonds is 7. The van der Waals surface area contributed by atoms with Crippen molar-refractivity contribution in [2.45, 2.75) is 94.9 Å². The number of carbonyl (C=O) groups excluding carboxylic acids is 4. The average Bonchev–Trinajstić information content (AvgIpc) is 3.34. The molecular weight excluding hydrogens is 486 g/mol. The average molecular weight is 530 g/mol. The van der Waals surface area contributed by atoms with E-state index in [2.05, 4.69) is 48.5 Å². The Morgan fingerprint density at radius 3 is 1.45 bits per heavy atom. The summed E-state index contributed by atoms with van der Waals surface area (Å²) >= 11 is 0. The molecule has 210 valence electrons. The van der Waals surface area contributed by atoms with Gasteiger partial charge in [0, 0.05) is 23.7 Å². The summed E-state index contributed by atoms with van der Waals surface area (Å²) in [5.41, 5.74) is 9.69. The summed E-state index contributed by atoms with van der Waals surface area (Å²) in [6.45, 7) is 21.2. The number of hydroxylamine groups is 2. The number of hydrogen-bond donors (Lipinski definition) is 1. The molecular formula is C30H43NO7. The summed E-state index contributed by atoms with van der Waals surface area (Å²) in [7, 11) is 0. The first-order valence-corrected chi connectivity index (χ1v) is 13.1. The van der Waals surface area contributed by atoms with E-state index in [1.54, 1.807) is 0 Å². The lowest BCUT2D eigenvalue weighted by Crippen LogP contribution is -2.32. The van der Waals surface area contributed by atoms with Crippen LogP contribution in [0.4, 0.5) is 0 Å². The van der Waals surface area contributed by atoms with E-state index < -0.39 is 23.8 Å². The lowest BCUT2D eigenvalue weighted by atomic mass is 9.80. The molecule has 0 radical (unpaired) electrons. The van der Waals surface area contributed by atoms with E-state index in [1.165, 1.54) is 44.6 Å². The van der Waals surface area contributed by atoms with Gasteiger partial charge in [0.05, 0.1) is 19.4 Å². The predicted molar refractivity (Wildman–Crippen MR) is 144 cm³/mol. The summed E-state index contributed by atoms with van der Waals surface area (Å²) < 4.78 is 5.37. The maximum atomic E-state index is 12.0. The Morgan fingerprint density at radius 2 is 1.08 bits per heavy atom. The van der Waals surface area contributed by atoms with Crippen LogP contribution in [-0.2, 0) is 28.8 Å². The number of imide groups is 1. The van der Waals surface area contributed by atoms with Gasteiger partial charge in [0.1, 0.15) is 6.61 Å². The largest absolute Gasteiger partial charge is 0.464 e. The highest BCUT2D eigenvalue weighted by Gasteiger charge is 2.38. The molecule has 0 aromatic heterocycles. The number of esters is 1. The van der Waals surface area contributed by atoms with E-state index in [-0.39, 0.29) is 49.7 Å². The Hall–Kier alpha value is -3.00. The van der Waals surface area contributed by atoms with Crippen molar-refractivity contribution in [1.29, 1.82) is 0 Å². The summed E-state index contributed by atoms with van der Waals surface area (Å²) in [4.78, 5) is 51.2. The number of amides is 2. The molecule has 1 heterocycles. The minimum absolute atomic E-state index is 0.0330. The molecule has 38 heavy (non-hydrogen) atoms. The van der Waals surface area contributed by atoms with Gasteiger partial charge in [0.15, 0.2) is 0 Å². The van der Waals surface area contributed by atoms with Crippen LogP contribution in [0.5, 0.6) is 0 Å². The minimum atomic E-state index is -0.809.